The number of benzene rings is 2. The normalized spacial score (nSPS) is 10.8. The third kappa shape index (κ3) is 3.91. The van der Waals surface area contributed by atoms with E-state index in [0.717, 1.165) is 15.6 Å². The molecule has 1 aromatic heterocycles. The van der Waals surface area contributed by atoms with Crippen LogP contribution in [0.25, 0.3) is 10.1 Å². The number of fused-ring (bicyclic) bond motifs is 1. The summed E-state index contributed by atoms with van der Waals surface area (Å²) in [5.41, 5.74) is 7.26. The molecule has 0 unspecified atom stereocenters. The van der Waals surface area contributed by atoms with Gasteiger partial charge in [-0.3, -0.25) is 4.79 Å². The molecule has 0 spiro atoms. The minimum absolute atomic E-state index is 0.146. The summed E-state index contributed by atoms with van der Waals surface area (Å²) in [5.74, 6) is -0.342. The van der Waals surface area contributed by atoms with E-state index in [0.29, 0.717) is 26.8 Å². The van der Waals surface area contributed by atoms with E-state index >= 15 is 0 Å². The highest BCUT2D eigenvalue weighted by Gasteiger charge is 2.22. The Balaban J connectivity index is 1.98. The second-order valence-electron chi connectivity index (χ2n) is 5.88. The van der Waals surface area contributed by atoms with Gasteiger partial charge in [-0.15, -0.1) is 11.3 Å². The van der Waals surface area contributed by atoms with E-state index in [1.807, 2.05) is 19.1 Å². The van der Waals surface area contributed by atoms with Crippen molar-refractivity contribution in [2.75, 3.05) is 6.61 Å². The van der Waals surface area contributed by atoms with Gasteiger partial charge in [0.25, 0.3) is 0 Å². The Hall–Kier alpha value is -2.57. The van der Waals surface area contributed by atoms with Gasteiger partial charge in [0.1, 0.15) is 17.2 Å². The molecule has 1 heterocycles. The van der Waals surface area contributed by atoms with Crippen LogP contribution in [0.2, 0.25) is 5.02 Å². The van der Waals surface area contributed by atoms with E-state index in [1.165, 1.54) is 11.3 Å². The fourth-order valence-corrected chi connectivity index (χ4v) is 4.13. The number of carbonyl (C=O) groups excluding carboxylic acids is 2. The van der Waals surface area contributed by atoms with Crippen molar-refractivity contribution in [3.8, 4) is 5.75 Å². The van der Waals surface area contributed by atoms with Gasteiger partial charge in [0, 0.05) is 21.2 Å². The molecular formula is C20H18ClNO4S. The lowest BCUT2D eigenvalue weighted by atomic mass is 10.1. The number of hydrogen-bond donors (Lipinski definition) is 1. The summed E-state index contributed by atoms with van der Waals surface area (Å²) in [7, 11) is 0. The molecule has 0 aliphatic heterocycles. The van der Waals surface area contributed by atoms with E-state index in [2.05, 4.69) is 0 Å². The SMILES string of the molecule is CCOC(=O)c1sc2ccc(C)c(Cl)c2c1COc1ccc(C(N)=O)cc1. The van der Waals surface area contributed by atoms with E-state index in [4.69, 9.17) is 26.8 Å². The summed E-state index contributed by atoms with van der Waals surface area (Å²) in [6.45, 7) is 4.11. The number of primary amides is 1. The average molecular weight is 404 g/mol. The Morgan fingerprint density at radius 2 is 1.85 bits per heavy atom. The standard InChI is InChI=1S/C20H18ClNO4S/c1-3-25-20(24)18-14(16-15(27-18)9-4-11(2)17(16)21)10-26-13-7-5-12(6-8-13)19(22)23/h4-9H,3,10H2,1-2H3,(H2,22,23). The van der Waals surface area contributed by atoms with Gasteiger partial charge in [-0.05, 0) is 49.7 Å². The summed E-state index contributed by atoms with van der Waals surface area (Å²) in [5, 5.41) is 1.40. The molecule has 0 saturated carbocycles. The molecule has 0 saturated heterocycles. The molecule has 27 heavy (non-hydrogen) atoms. The molecule has 0 radical (unpaired) electrons. The van der Waals surface area contributed by atoms with Crippen molar-refractivity contribution in [1.82, 2.24) is 0 Å². The highest BCUT2D eigenvalue weighted by molar-refractivity contribution is 7.21. The van der Waals surface area contributed by atoms with Gasteiger partial charge in [0.05, 0.1) is 11.6 Å². The minimum Gasteiger partial charge on any atom is -0.489 e. The largest absolute Gasteiger partial charge is 0.489 e. The van der Waals surface area contributed by atoms with Crippen LogP contribution >= 0.6 is 22.9 Å². The predicted octanol–water partition coefficient (Wildman–Crippen LogP) is 4.72. The monoisotopic (exact) mass is 403 g/mol. The molecule has 0 atom stereocenters. The van der Waals surface area contributed by atoms with Crippen LogP contribution in [-0.4, -0.2) is 18.5 Å². The van der Waals surface area contributed by atoms with E-state index in [1.54, 1.807) is 31.2 Å². The number of aryl methyl sites for hydroxylation is 1. The van der Waals surface area contributed by atoms with Crippen LogP contribution in [0.4, 0.5) is 0 Å². The molecular weight excluding hydrogens is 386 g/mol. The molecule has 2 aromatic carbocycles. The number of thiophene rings is 1. The highest BCUT2D eigenvalue weighted by atomic mass is 35.5. The Morgan fingerprint density at radius 1 is 1.15 bits per heavy atom. The van der Waals surface area contributed by atoms with Gasteiger partial charge in [0.15, 0.2) is 0 Å². The number of amides is 1. The summed E-state index contributed by atoms with van der Waals surface area (Å²) in [6.07, 6.45) is 0. The molecule has 5 nitrogen and oxygen atoms in total. The van der Waals surface area contributed by atoms with Crippen LogP contribution < -0.4 is 10.5 Å². The predicted molar refractivity (Wildman–Crippen MR) is 107 cm³/mol. The number of rotatable bonds is 6. The fourth-order valence-electron chi connectivity index (χ4n) is 2.68. The first-order valence-electron chi connectivity index (χ1n) is 8.32. The third-order valence-corrected chi connectivity index (χ3v) is 5.73. The molecule has 2 N–H and O–H groups in total. The zero-order valence-corrected chi connectivity index (χ0v) is 16.4. The third-order valence-electron chi connectivity index (χ3n) is 4.07. The van der Waals surface area contributed by atoms with Crippen LogP contribution in [-0.2, 0) is 11.3 Å². The smallest absolute Gasteiger partial charge is 0.348 e. The Labute approximate surface area is 165 Å². The van der Waals surface area contributed by atoms with Gasteiger partial charge in [-0.2, -0.15) is 0 Å². The van der Waals surface area contributed by atoms with Crippen molar-refractivity contribution in [3.05, 3.63) is 63.0 Å². The van der Waals surface area contributed by atoms with Crippen LogP contribution in [0, 0.1) is 6.92 Å². The lowest BCUT2D eigenvalue weighted by Gasteiger charge is -2.09. The van der Waals surface area contributed by atoms with Gasteiger partial charge < -0.3 is 15.2 Å². The Bertz CT molecular complexity index is 1010. The Morgan fingerprint density at radius 3 is 2.48 bits per heavy atom. The summed E-state index contributed by atoms with van der Waals surface area (Å²) in [6, 6.07) is 10.4. The van der Waals surface area contributed by atoms with Gasteiger partial charge in [0.2, 0.25) is 5.91 Å². The van der Waals surface area contributed by atoms with Crippen molar-refractivity contribution in [1.29, 1.82) is 0 Å². The first-order valence-corrected chi connectivity index (χ1v) is 9.52. The molecule has 1 amide bonds. The molecule has 7 heteroatoms. The molecule has 3 rings (SSSR count). The first-order chi connectivity index (χ1) is 12.9. The first kappa shape index (κ1) is 19.2. The number of hydrogen-bond acceptors (Lipinski definition) is 5. The zero-order chi connectivity index (χ0) is 19.6. The molecule has 3 aromatic rings. The number of nitrogens with two attached hydrogens (primary N) is 1. The number of ether oxygens (including phenoxy) is 2. The van der Waals surface area contributed by atoms with E-state index < -0.39 is 11.9 Å². The quantitative estimate of drug-likeness (QED) is 0.604. The lowest BCUT2D eigenvalue weighted by Crippen LogP contribution is -2.10. The molecule has 0 aliphatic carbocycles. The van der Waals surface area contributed by atoms with E-state index in [-0.39, 0.29) is 13.2 Å². The lowest BCUT2D eigenvalue weighted by molar-refractivity contribution is 0.0529. The Kier molecular flexibility index (Phi) is 5.68. The number of esters is 1. The van der Waals surface area contributed by atoms with Crippen LogP contribution in [0.5, 0.6) is 5.75 Å². The zero-order valence-electron chi connectivity index (χ0n) is 14.9. The van der Waals surface area contributed by atoms with Gasteiger partial charge in [-0.25, -0.2) is 4.79 Å². The molecule has 0 bridgehead atoms. The van der Waals surface area contributed by atoms with Crippen molar-refractivity contribution < 1.29 is 19.1 Å². The van der Waals surface area contributed by atoms with Crippen LogP contribution in [0.3, 0.4) is 0 Å². The number of carbonyl (C=O) groups is 2. The second kappa shape index (κ2) is 7.98. The maximum absolute atomic E-state index is 12.4. The second-order valence-corrected chi connectivity index (χ2v) is 7.31. The molecule has 0 aliphatic rings. The highest BCUT2D eigenvalue weighted by Crippen LogP contribution is 2.38. The molecule has 140 valence electrons. The summed E-state index contributed by atoms with van der Waals surface area (Å²) >= 11 is 7.85. The summed E-state index contributed by atoms with van der Waals surface area (Å²) in [4.78, 5) is 24.1. The van der Waals surface area contributed by atoms with Crippen LogP contribution in [0.1, 0.15) is 38.1 Å². The maximum Gasteiger partial charge on any atom is 0.348 e. The maximum atomic E-state index is 12.4. The van der Waals surface area contributed by atoms with Crippen molar-refractivity contribution in [2.24, 2.45) is 5.73 Å². The van der Waals surface area contributed by atoms with Crippen LogP contribution in [0.15, 0.2) is 36.4 Å². The van der Waals surface area contributed by atoms with Gasteiger partial charge in [-0.1, -0.05) is 17.7 Å². The van der Waals surface area contributed by atoms with E-state index in [9.17, 15) is 9.59 Å². The molecule has 0 fully saturated rings. The van der Waals surface area contributed by atoms with Crippen molar-refractivity contribution >= 4 is 44.9 Å². The average Bonchev–Trinajstić information content (AvgIpc) is 3.03. The van der Waals surface area contributed by atoms with Crippen molar-refractivity contribution in [3.63, 3.8) is 0 Å². The summed E-state index contributed by atoms with van der Waals surface area (Å²) < 4.78 is 11.9. The van der Waals surface area contributed by atoms with Crippen molar-refractivity contribution in [2.45, 2.75) is 20.5 Å². The fraction of sp³-hybridized carbons (Fsp3) is 0.200. The van der Waals surface area contributed by atoms with Gasteiger partial charge >= 0.3 is 5.97 Å². The number of halogens is 1. The topological polar surface area (TPSA) is 78.6 Å². The minimum atomic E-state index is -0.503.